The van der Waals surface area contributed by atoms with Gasteiger partial charge in [-0.2, -0.15) is 4.98 Å². The average Bonchev–Trinajstić information content (AvgIpc) is 3.47. The van der Waals surface area contributed by atoms with Crippen LogP contribution in [0.5, 0.6) is 11.5 Å². The summed E-state index contributed by atoms with van der Waals surface area (Å²) in [5.74, 6) is 2.49. The molecule has 31 heavy (non-hydrogen) atoms. The van der Waals surface area contributed by atoms with Crippen LogP contribution in [0.2, 0.25) is 0 Å². The predicted octanol–water partition coefficient (Wildman–Crippen LogP) is 2.57. The van der Waals surface area contributed by atoms with Gasteiger partial charge < -0.3 is 19.3 Å². The largest absolute Gasteiger partial charge is 0.497 e. The van der Waals surface area contributed by atoms with Gasteiger partial charge in [0, 0.05) is 36.1 Å². The fourth-order valence-electron chi connectivity index (χ4n) is 2.94. The maximum atomic E-state index is 12.6. The first-order valence-electron chi connectivity index (χ1n) is 9.37. The SMILES string of the molecule is COc1ccc(CNC(=O)c2cn(-c3cc(-c4nc(C)no4)ccn3)cn2)c(OC)c1. The van der Waals surface area contributed by atoms with Crippen LogP contribution in [0.4, 0.5) is 0 Å². The Morgan fingerprint density at radius 3 is 2.77 bits per heavy atom. The number of benzene rings is 1. The lowest BCUT2D eigenvalue weighted by Crippen LogP contribution is -2.23. The lowest BCUT2D eigenvalue weighted by Gasteiger charge is -2.10. The molecule has 1 aromatic carbocycles. The van der Waals surface area contributed by atoms with E-state index >= 15 is 0 Å². The highest BCUT2D eigenvalue weighted by molar-refractivity contribution is 5.92. The number of nitrogens with zero attached hydrogens (tertiary/aromatic N) is 5. The number of amides is 1. The number of aromatic nitrogens is 5. The molecule has 158 valence electrons. The average molecular weight is 420 g/mol. The van der Waals surface area contributed by atoms with Crippen LogP contribution in [0.25, 0.3) is 17.3 Å². The van der Waals surface area contributed by atoms with Gasteiger partial charge in [0.25, 0.3) is 11.8 Å². The number of hydrogen-bond acceptors (Lipinski definition) is 8. The fraction of sp³-hybridized carbons (Fsp3) is 0.190. The summed E-state index contributed by atoms with van der Waals surface area (Å²) in [6.45, 7) is 2.03. The molecule has 3 aromatic heterocycles. The number of methoxy groups -OCH3 is 2. The van der Waals surface area contributed by atoms with Crippen molar-refractivity contribution in [3.05, 3.63) is 66.1 Å². The zero-order valence-electron chi connectivity index (χ0n) is 17.2. The lowest BCUT2D eigenvalue weighted by molar-refractivity contribution is 0.0946. The van der Waals surface area contributed by atoms with Crippen LogP contribution >= 0.6 is 0 Å². The van der Waals surface area contributed by atoms with Gasteiger partial charge >= 0.3 is 0 Å². The highest BCUT2D eigenvalue weighted by atomic mass is 16.5. The summed E-state index contributed by atoms with van der Waals surface area (Å²) >= 11 is 0. The van der Waals surface area contributed by atoms with E-state index in [0.29, 0.717) is 29.0 Å². The Morgan fingerprint density at radius 2 is 2.03 bits per heavy atom. The van der Waals surface area contributed by atoms with Crippen molar-refractivity contribution in [2.75, 3.05) is 14.2 Å². The van der Waals surface area contributed by atoms with Gasteiger partial charge in [-0.25, -0.2) is 9.97 Å². The van der Waals surface area contributed by atoms with Crippen LogP contribution in [0.3, 0.4) is 0 Å². The Morgan fingerprint density at radius 1 is 1.16 bits per heavy atom. The maximum Gasteiger partial charge on any atom is 0.271 e. The third-order valence-corrected chi connectivity index (χ3v) is 4.53. The minimum atomic E-state index is -0.319. The number of imidazole rings is 1. The molecule has 10 nitrogen and oxygen atoms in total. The summed E-state index contributed by atoms with van der Waals surface area (Å²) in [7, 11) is 3.15. The third kappa shape index (κ3) is 4.37. The number of rotatable bonds is 7. The van der Waals surface area contributed by atoms with E-state index in [-0.39, 0.29) is 18.1 Å². The van der Waals surface area contributed by atoms with E-state index in [2.05, 4.69) is 25.4 Å². The van der Waals surface area contributed by atoms with Crippen molar-refractivity contribution >= 4 is 5.91 Å². The summed E-state index contributed by atoms with van der Waals surface area (Å²) < 4.78 is 17.4. The number of carbonyl (C=O) groups excluding carboxylic acids is 1. The van der Waals surface area contributed by atoms with Crippen LogP contribution in [0.15, 0.2) is 53.6 Å². The van der Waals surface area contributed by atoms with Gasteiger partial charge in [-0.1, -0.05) is 5.16 Å². The van der Waals surface area contributed by atoms with Crippen molar-refractivity contribution in [1.82, 2.24) is 30.0 Å². The van der Waals surface area contributed by atoms with Crippen LogP contribution < -0.4 is 14.8 Å². The standard InChI is InChI=1S/C21H20N6O4/c1-13-25-21(31-26-13)14-6-7-22-19(8-14)27-11-17(24-12-27)20(28)23-10-15-4-5-16(29-2)9-18(15)30-3/h4-9,11-12H,10H2,1-3H3,(H,23,28). The van der Waals surface area contributed by atoms with E-state index in [0.717, 1.165) is 11.1 Å². The Bertz CT molecular complexity index is 1220. The van der Waals surface area contributed by atoms with E-state index in [9.17, 15) is 4.79 Å². The van der Waals surface area contributed by atoms with E-state index in [1.807, 2.05) is 12.1 Å². The molecule has 3 heterocycles. The van der Waals surface area contributed by atoms with Crippen LogP contribution in [-0.4, -0.2) is 44.8 Å². The molecular formula is C21H20N6O4. The summed E-state index contributed by atoms with van der Waals surface area (Å²) in [5.41, 5.74) is 1.80. The van der Waals surface area contributed by atoms with Gasteiger partial charge in [-0.05, 0) is 31.2 Å². The molecule has 1 amide bonds. The minimum Gasteiger partial charge on any atom is -0.497 e. The zero-order chi connectivity index (χ0) is 21.8. The summed E-state index contributed by atoms with van der Waals surface area (Å²) in [6.07, 6.45) is 4.75. The van der Waals surface area contributed by atoms with Gasteiger partial charge in [0.15, 0.2) is 5.82 Å². The Hall–Kier alpha value is -4.21. The number of pyridine rings is 1. The molecule has 4 rings (SSSR count). The van der Waals surface area contributed by atoms with Crippen molar-refractivity contribution in [3.8, 4) is 28.8 Å². The molecule has 0 aliphatic rings. The predicted molar refractivity (Wildman–Crippen MR) is 110 cm³/mol. The van der Waals surface area contributed by atoms with E-state index < -0.39 is 0 Å². The van der Waals surface area contributed by atoms with Crippen LogP contribution in [-0.2, 0) is 6.54 Å². The maximum absolute atomic E-state index is 12.6. The van der Waals surface area contributed by atoms with Crippen LogP contribution in [0, 0.1) is 6.92 Å². The molecule has 0 unspecified atom stereocenters. The molecule has 0 saturated carbocycles. The first-order chi connectivity index (χ1) is 15.1. The molecular weight excluding hydrogens is 400 g/mol. The van der Waals surface area contributed by atoms with Gasteiger partial charge in [0.05, 0.1) is 14.2 Å². The first-order valence-corrected chi connectivity index (χ1v) is 9.37. The minimum absolute atomic E-state index is 0.258. The molecule has 0 atom stereocenters. The molecule has 0 bridgehead atoms. The summed E-state index contributed by atoms with van der Waals surface area (Å²) in [5, 5.41) is 6.64. The van der Waals surface area contributed by atoms with Crippen molar-refractivity contribution in [2.45, 2.75) is 13.5 Å². The number of aryl methyl sites for hydroxylation is 1. The van der Waals surface area contributed by atoms with Gasteiger partial charge in [0.2, 0.25) is 0 Å². The fourth-order valence-corrected chi connectivity index (χ4v) is 2.94. The van der Waals surface area contributed by atoms with E-state index in [1.54, 1.807) is 56.3 Å². The molecule has 0 fully saturated rings. The quantitative estimate of drug-likeness (QED) is 0.485. The first kappa shape index (κ1) is 20.1. The Labute approximate surface area is 177 Å². The third-order valence-electron chi connectivity index (χ3n) is 4.53. The molecule has 1 N–H and O–H groups in total. The molecule has 0 radical (unpaired) electrons. The van der Waals surface area contributed by atoms with Gasteiger partial charge in [-0.15, -0.1) is 0 Å². The molecule has 0 saturated heterocycles. The highest BCUT2D eigenvalue weighted by Gasteiger charge is 2.13. The number of ether oxygens (including phenoxy) is 2. The van der Waals surface area contributed by atoms with Crippen molar-refractivity contribution in [1.29, 1.82) is 0 Å². The molecule has 4 aromatic rings. The second kappa shape index (κ2) is 8.66. The van der Waals surface area contributed by atoms with Crippen molar-refractivity contribution in [3.63, 3.8) is 0 Å². The molecule has 10 heteroatoms. The highest BCUT2D eigenvalue weighted by Crippen LogP contribution is 2.24. The van der Waals surface area contributed by atoms with Crippen LogP contribution in [0.1, 0.15) is 21.9 Å². The van der Waals surface area contributed by atoms with E-state index in [4.69, 9.17) is 14.0 Å². The summed E-state index contributed by atoms with van der Waals surface area (Å²) in [4.78, 5) is 25.3. The number of nitrogens with one attached hydrogen (secondary N) is 1. The van der Waals surface area contributed by atoms with Gasteiger partial charge in [0.1, 0.15) is 29.3 Å². The Balaban J connectivity index is 1.47. The van der Waals surface area contributed by atoms with Gasteiger partial charge in [-0.3, -0.25) is 9.36 Å². The number of carbonyl (C=O) groups is 1. The second-order valence-electron chi connectivity index (χ2n) is 6.58. The number of hydrogen-bond donors (Lipinski definition) is 1. The van der Waals surface area contributed by atoms with Crippen molar-refractivity contribution in [2.24, 2.45) is 0 Å². The topological polar surface area (TPSA) is 117 Å². The molecule has 0 spiro atoms. The smallest absolute Gasteiger partial charge is 0.271 e. The Kier molecular flexibility index (Phi) is 5.61. The second-order valence-corrected chi connectivity index (χ2v) is 6.58. The summed E-state index contributed by atoms with van der Waals surface area (Å²) in [6, 6.07) is 8.95. The zero-order valence-corrected chi connectivity index (χ0v) is 17.2. The monoisotopic (exact) mass is 420 g/mol. The molecule has 0 aliphatic heterocycles. The lowest BCUT2D eigenvalue weighted by atomic mass is 10.2. The normalized spacial score (nSPS) is 10.7. The molecule has 0 aliphatic carbocycles. The van der Waals surface area contributed by atoms with E-state index in [1.165, 1.54) is 6.33 Å². The van der Waals surface area contributed by atoms with Crippen molar-refractivity contribution < 1.29 is 18.8 Å².